The summed E-state index contributed by atoms with van der Waals surface area (Å²) in [6.07, 6.45) is 0. The maximum Gasteiger partial charge on any atom is 0.194 e. The second kappa shape index (κ2) is 8.24. The van der Waals surface area contributed by atoms with Crippen molar-refractivity contribution >= 4 is 39.8 Å². The van der Waals surface area contributed by atoms with Crippen molar-refractivity contribution in [1.82, 2.24) is 10.2 Å². The molecule has 1 heterocycles. The highest BCUT2D eigenvalue weighted by Gasteiger charge is 2.53. The summed E-state index contributed by atoms with van der Waals surface area (Å²) in [7, 11) is -3.29. The van der Waals surface area contributed by atoms with E-state index in [0.717, 1.165) is 19.0 Å². The van der Waals surface area contributed by atoms with Gasteiger partial charge in [0, 0.05) is 24.0 Å². The number of likely N-dealkylation sites (tertiary alicyclic amines) is 1. The monoisotopic (exact) mass is 479 g/mol. The Kier molecular flexibility index (Phi) is 7.32. The summed E-state index contributed by atoms with van der Waals surface area (Å²) in [6.45, 7) is 12.8. The van der Waals surface area contributed by atoms with Crippen LogP contribution in [0.1, 0.15) is 34.6 Å². The molecule has 5 nitrogen and oxygen atoms in total. The van der Waals surface area contributed by atoms with Gasteiger partial charge < -0.3 is 10.2 Å². The number of hydrogen-bond donors (Lipinski definition) is 1. The Balaban J connectivity index is 0.00000312. The first kappa shape index (κ1) is 22.2. The molecule has 1 aliphatic heterocycles. The Labute approximate surface area is 169 Å². The molecular formula is C18H30IN3O2S. The molecule has 0 aromatic heterocycles. The van der Waals surface area contributed by atoms with Crippen LogP contribution in [0.15, 0.2) is 40.2 Å². The molecule has 1 aliphatic rings. The molecule has 0 saturated carbocycles. The van der Waals surface area contributed by atoms with Gasteiger partial charge in [0.05, 0.1) is 17.2 Å². The van der Waals surface area contributed by atoms with Crippen LogP contribution in [0.2, 0.25) is 0 Å². The van der Waals surface area contributed by atoms with Crippen LogP contribution >= 0.6 is 24.0 Å². The number of sulfone groups is 1. The maximum absolute atomic E-state index is 12.4. The Morgan fingerprint density at radius 3 is 2.28 bits per heavy atom. The van der Waals surface area contributed by atoms with Crippen molar-refractivity contribution in [3.63, 3.8) is 0 Å². The first-order valence-corrected chi connectivity index (χ1v) is 10.1. The Bertz CT molecular complexity index is 700. The average molecular weight is 479 g/mol. The van der Waals surface area contributed by atoms with E-state index in [0.29, 0.717) is 4.90 Å². The van der Waals surface area contributed by atoms with E-state index in [1.165, 1.54) is 0 Å². The zero-order valence-corrected chi connectivity index (χ0v) is 18.9. The highest BCUT2D eigenvalue weighted by Crippen LogP contribution is 2.46. The predicted octanol–water partition coefficient (Wildman–Crippen LogP) is 3.16. The van der Waals surface area contributed by atoms with Crippen LogP contribution in [0.4, 0.5) is 0 Å². The molecule has 1 saturated heterocycles. The zero-order valence-electron chi connectivity index (χ0n) is 15.7. The SMILES string of the molecule is CCNC(=NCCS(=O)(=O)c1ccccc1)N1CC(C)(C)C1(C)C.I. The molecular weight excluding hydrogens is 449 g/mol. The normalized spacial score (nSPS) is 18.9. The number of hydrogen-bond acceptors (Lipinski definition) is 3. The van der Waals surface area contributed by atoms with Gasteiger partial charge in [-0.1, -0.05) is 32.0 Å². The lowest BCUT2D eigenvalue weighted by atomic mass is 9.65. The molecule has 1 aromatic carbocycles. The van der Waals surface area contributed by atoms with E-state index >= 15 is 0 Å². The van der Waals surface area contributed by atoms with Gasteiger partial charge >= 0.3 is 0 Å². The zero-order chi connectivity index (χ0) is 18.0. The van der Waals surface area contributed by atoms with Crippen LogP contribution in [-0.2, 0) is 9.84 Å². The van der Waals surface area contributed by atoms with E-state index < -0.39 is 9.84 Å². The fourth-order valence-electron chi connectivity index (χ4n) is 2.81. The van der Waals surface area contributed by atoms with Crippen molar-refractivity contribution in [2.75, 3.05) is 25.4 Å². The largest absolute Gasteiger partial charge is 0.356 e. The van der Waals surface area contributed by atoms with Crippen molar-refractivity contribution in [1.29, 1.82) is 0 Å². The van der Waals surface area contributed by atoms with Gasteiger partial charge in [-0.05, 0) is 32.9 Å². The van der Waals surface area contributed by atoms with Crippen molar-refractivity contribution < 1.29 is 8.42 Å². The highest BCUT2D eigenvalue weighted by atomic mass is 127. The van der Waals surface area contributed by atoms with Crippen molar-refractivity contribution in [3.8, 4) is 0 Å². The van der Waals surface area contributed by atoms with Crippen LogP contribution in [0.5, 0.6) is 0 Å². The Hall–Kier alpha value is -0.830. The molecule has 0 aliphatic carbocycles. The lowest BCUT2D eigenvalue weighted by Crippen LogP contribution is -2.72. The van der Waals surface area contributed by atoms with Gasteiger partial charge in [0.1, 0.15) is 0 Å². The van der Waals surface area contributed by atoms with Crippen LogP contribution < -0.4 is 5.32 Å². The second-order valence-electron chi connectivity index (χ2n) is 7.40. The number of rotatable bonds is 5. The third kappa shape index (κ3) is 4.67. The Morgan fingerprint density at radius 2 is 1.80 bits per heavy atom. The second-order valence-corrected chi connectivity index (χ2v) is 9.51. The maximum atomic E-state index is 12.4. The molecule has 1 fully saturated rings. The minimum atomic E-state index is -3.29. The smallest absolute Gasteiger partial charge is 0.194 e. The van der Waals surface area contributed by atoms with E-state index in [2.05, 4.69) is 42.9 Å². The topological polar surface area (TPSA) is 61.8 Å². The number of aliphatic imine (C=N–C) groups is 1. The summed E-state index contributed by atoms with van der Waals surface area (Å²) in [4.78, 5) is 7.14. The quantitative estimate of drug-likeness (QED) is 0.401. The first-order valence-electron chi connectivity index (χ1n) is 8.45. The van der Waals surface area contributed by atoms with E-state index in [-0.39, 0.29) is 47.2 Å². The van der Waals surface area contributed by atoms with Crippen LogP contribution in [0.3, 0.4) is 0 Å². The van der Waals surface area contributed by atoms with Crippen LogP contribution in [-0.4, -0.2) is 50.2 Å². The summed E-state index contributed by atoms with van der Waals surface area (Å²) in [5.74, 6) is 0.814. The summed E-state index contributed by atoms with van der Waals surface area (Å²) in [6, 6.07) is 8.56. The number of guanidine groups is 1. The molecule has 0 amide bonds. The van der Waals surface area contributed by atoms with Gasteiger partial charge in [-0.3, -0.25) is 4.99 Å². The van der Waals surface area contributed by atoms with Gasteiger partial charge in [-0.2, -0.15) is 0 Å². The summed E-state index contributed by atoms with van der Waals surface area (Å²) >= 11 is 0. The minimum absolute atomic E-state index is 0. The van der Waals surface area contributed by atoms with E-state index in [1.807, 2.05) is 13.0 Å². The minimum Gasteiger partial charge on any atom is -0.356 e. The summed E-state index contributed by atoms with van der Waals surface area (Å²) in [5, 5.41) is 3.29. The van der Waals surface area contributed by atoms with Crippen molar-refractivity contribution in [2.24, 2.45) is 10.4 Å². The van der Waals surface area contributed by atoms with Gasteiger partial charge in [0.2, 0.25) is 0 Å². The molecule has 0 radical (unpaired) electrons. The third-order valence-corrected chi connectivity index (χ3v) is 6.91. The molecule has 0 unspecified atom stereocenters. The molecule has 0 bridgehead atoms. The molecule has 25 heavy (non-hydrogen) atoms. The van der Waals surface area contributed by atoms with Crippen molar-refractivity contribution in [3.05, 3.63) is 30.3 Å². The molecule has 7 heteroatoms. The van der Waals surface area contributed by atoms with Gasteiger partial charge in [0.15, 0.2) is 15.8 Å². The number of halogens is 1. The fourth-order valence-corrected chi connectivity index (χ4v) is 3.95. The average Bonchev–Trinajstić information content (AvgIpc) is 2.53. The lowest BCUT2D eigenvalue weighted by molar-refractivity contribution is -0.0667. The van der Waals surface area contributed by atoms with Gasteiger partial charge in [0.25, 0.3) is 0 Å². The van der Waals surface area contributed by atoms with E-state index in [9.17, 15) is 8.42 Å². The number of benzene rings is 1. The predicted molar refractivity (Wildman–Crippen MR) is 114 cm³/mol. The standard InChI is InChI=1S/C18H29N3O2S.HI/c1-6-19-16(21-14-17(2,3)18(21,4)5)20-12-13-24(22,23)15-10-8-7-9-11-15;/h7-11H,6,12-14H2,1-5H3,(H,19,20);1H. The molecule has 1 N–H and O–H groups in total. The van der Waals surface area contributed by atoms with Gasteiger partial charge in [-0.25, -0.2) is 8.42 Å². The van der Waals surface area contributed by atoms with Crippen LogP contribution in [0.25, 0.3) is 0 Å². The fraction of sp³-hybridized carbons (Fsp3) is 0.611. The molecule has 142 valence electrons. The molecule has 0 spiro atoms. The van der Waals surface area contributed by atoms with Crippen LogP contribution in [0, 0.1) is 5.41 Å². The lowest BCUT2D eigenvalue weighted by Gasteiger charge is -2.62. The Morgan fingerprint density at radius 1 is 1.20 bits per heavy atom. The molecule has 1 aromatic rings. The first-order chi connectivity index (χ1) is 11.1. The summed E-state index contributed by atoms with van der Waals surface area (Å²) in [5.41, 5.74) is 0.200. The highest BCUT2D eigenvalue weighted by molar-refractivity contribution is 14.0. The molecule has 2 rings (SSSR count). The third-order valence-electron chi connectivity index (χ3n) is 5.20. The van der Waals surface area contributed by atoms with Gasteiger partial charge in [-0.15, -0.1) is 24.0 Å². The van der Waals surface area contributed by atoms with E-state index in [4.69, 9.17) is 0 Å². The number of nitrogens with one attached hydrogen (secondary N) is 1. The van der Waals surface area contributed by atoms with Crippen molar-refractivity contribution in [2.45, 2.75) is 45.1 Å². The summed E-state index contributed by atoms with van der Waals surface area (Å²) < 4.78 is 24.7. The van der Waals surface area contributed by atoms with E-state index in [1.54, 1.807) is 24.3 Å². The molecule has 0 atom stereocenters. The number of nitrogens with zero attached hydrogens (tertiary/aromatic N) is 2.